The van der Waals surface area contributed by atoms with Crippen LogP contribution in [0.15, 0.2) is 4.99 Å². The van der Waals surface area contributed by atoms with E-state index >= 15 is 0 Å². The second kappa shape index (κ2) is 5.75. The zero-order chi connectivity index (χ0) is 12.0. The Morgan fingerprint density at radius 2 is 2.07 bits per heavy atom. The summed E-state index contributed by atoms with van der Waals surface area (Å²) in [6.07, 6.45) is -0.320. The second-order valence-electron chi connectivity index (χ2n) is 2.89. The van der Waals surface area contributed by atoms with Gasteiger partial charge in [0, 0.05) is 11.3 Å². The fraction of sp³-hybridized carbons (Fsp3) is 0.667. The number of guanidine groups is 1. The number of rotatable bonds is 6. The van der Waals surface area contributed by atoms with Crippen LogP contribution in [0.3, 0.4) is 0 Å². The average Bonchev–Trinajstić information content (AvgIpc) is 2.10. The smallest absolute Gasteiger partial charge is 0.320 e. The summed E-state index contributed by atoms with van der Waals surface area (Å²) in [5.41, 5.74) is 15.1. The zero-order valence-corrected chi connectivity index (χ0v) is 7.87. The first-order valence-corrected chi connectivity index (χ1v) is 4.02. The molecule has 0 aliphatic carbocycles. The number of aliphatic imine (C=N–C) groups is 1. The highest BCUT2D eigenvalue weighted by Gasteiger charge is 2.26. The molecule has 0 aliphatic rings. The van der Waals surface area contributed by atoms with Crippen molar-refractivity contribution in [1.82, 2.24) is 0 Å². The van der Waals surface area contributed by atoms with Gasteiger partial charge >= 0.3 is 5.97 Å². The number of carbonyl (C=O) groups is 1. The molecule has 1 unspecified atom stereocenters. The van der Waals surface area contributed by atoms with E-state index in [-0.39, 0.29) is 18.9 Å². The summed E-state index contributed by atoms with van der Waals surface area (Å²) in [5.74, 6) is -1.59. The molecule has 0 saturated heterocycles. The van der Waals surface area contributed by atoms with Crippen LogP contribution in [0.2, 0.25) is 0 Å². The van der Waals surface area contributed by atoms with Gasteiger partial charge in [0.15, 0.2) is 5.96 Å². The summed E-state index contributed by atoms with van der Waals surface area (Å²) in [6, 6.07) is -2.49. The highest BCUT2D eigenvalue weighted by Crippen LogP contribution is 2.01. The molecule has 0 bridgehead atoms. The Labute approximate surface area is 85.1 Å². The number of nitro groups is 1. The van der Waals surface area contributed by atoms with Crippen molar-refractivity contribution in [2.75, 3.05) is 6.54 Å². The van der Waals surface area contributed by atoms with E-state index < -0.39 is 23.0 Å². The highest BCUT2D eigenvalue weighted by atomic mass is 16.6. The minimum atomic E-state index is -1.30. The van der Waals surface area contributed by atoms with Crippen molar-refractivity contribution in [3.63, 3.8) is 0 Å². The molecule has 0 saturated carbocycles. The summed E-state index contributed by atoms with van der Waals surface area (Å²) in [6.45, 7) is -0.281. The van der Waals surface area contributed by atoms with Crippen LogP contribution in [0.5, 0.6) is 0 Å². The Kier molecular flexibility index (Phi) is 5.02. The Hall–Kier alpha value is -1.90. The molecule has 0 amide bonds. The third-order valence-electron chi connectivity index (χ3n) is 1.63. The summed E-state index contributed by atoms with van der Waals surface area (Å²) >= 11 is 0. The summed E-state index contributed by atoms with van der Waals surface area (Å²) < 4.78 is 0. The number of carboxylic acids is 1. The topological polar surface area (TPSA) is 171 Å². The fourth-order valence-electron chi connectivity index (χ4n) is 0.832. The normalized spacial score (nSPS) is 13.9. The van der Waals surface area contributed by atoms with Gasteiger partial charge in [-0.05, 0) is 0 Å². The van der Waals surface area contributed by atoms with E-state index in [0.717, 1.165) is 0 Å². The lowest BCUT2D eigenvalue weighted by molar-refractivity contribution is -0.520. The minimum Gasteiger partial charge on any atom is -0.480 e. The SMILES string of the molecule is NC(N)=NCC(C[C@H](N)C(=O)O)[N+](=O)[O-]. The average molecular weight is 219 g/mol. The van der Waals surface area contributed by atoms with Gasteiger partial charge in [0.25, 0.3) is 0 Å². The predicted octanol–water partition coefficient (Wildman–Crippen LogP) is -2.29. The van der Waals surface area contributed by atoms with Gasteiger partial charge in [0.05, 0.1) is 0 Å². The molecule has 2 atom stereocenters. The van der Waals surface area contributed by atoms with Crippen LogP contribution in [0.1, 0.15) is 6.42 Å². The monoisotopic (exact) mass is 219 g/mol. The Morgan fingerprint density at radius 3 is 2.40 bits per heavy atom. The molecule has 15 heavy (non-hydrogen) atoms. The Balaban J connectivity index is 4.35. The molecule has 0 aromatic carbocycles. The molecule has 7 N–H and O–H groups in total. The lowest BCUT2D eigenvalue weighted by atomic mass is 10.1. The molecule has 0 aromatic rings. The van der Waals surface area contributed by atoms with Crippen LogP contribution in [-0.2, 0) is 4.79 Å². The first-order valence-electron chi connectivity index (χ1n) is 4.02. The third kappa shape index (κ3) is 5.41. The fourth-order valence-corrected chi connectivity index (χ4v) is 0.832. The molecule has 0 aromatic heterocycles. The van der Waals surface area contributed by atoms with Gasteiger partial charge in [-0.25, -0.2) is 4.99 Å². The van der Waals surface area contributed by atoms with Gasteiger partial charge in [-0.1, -0.05) is 0 Å². The van der Waals surface area contributed by atoms with Crippen LogP contribution < -0.4 is 17.2 Å². The molecule has 9 nitrogen and oxygen atoms in total. The molecule has 9 heteroatoms. The molecular formula is C6H13N5O4. The Morgan fingerprint density at radius 1 is 1.53 bits per heavy atom. The largest absolute Gasteiger partial charge is 0.480 e. The third-order valence-corrected chi connectivity index (χ3v) is 1.63. The van der Waals surface area contributed by atoms with Crippen molar-refractivity contribution >= 4 is 11.9 Å². The molecule has 0 spiro atoms. The van der Waals surface area contributed by atoms with Crippen LogP contribution in [0.4, 0.5) is 0 Å². The highest BCUT2D eigenvalue weighted by molar-refractivity contribution is 5.75. The Bertz CT molecular complexity index is 275. The van der Waals surface area contributed by atoms with Gasteiger partial charge in [-0.2, -0.15) is 0 Å². The lowest BCUT2D eigenvalue weighted by Crippen LogP contribution is -2.38. The maximum Gasteiger partial charge on any atom is 0.320 e. The van der Waals surface area contributed by atoms with E-state index in [2.05, 4.69) is 4.99 Å². The van der Waals surface area contributed by atoms with Crippen molar-refractivity contribution in [1.29, 1.82) is 0 Å². The maximum atomic E-state index is 10.5. The van der Waals surface area contributed by atoms with Crippen molar-refractivity contribution < 1.29 is 14.8 Å². The van der Waals surface area contributed by atoms with Crippen LogP contribution in [-0.4, -0.2) is 40.6 Å². The van der Waals surface area contributed by atoms with Gasteiger partial charge in [0.2, 0.25) is 6.04 Å². The van der Waals surface area contributed by atoms with E-state index in [4.69, 9.17) is 22.3 Å². The molecule has 0 rings (SSSR count). The number of hydrogen-bond acceptors (Lipinski definition) is 5. The molecule has 0 radical (unpaired) electrons. The quantitative estimate of drug-likeness (QED) is 0.168. The zero-order valence-electron chi connectivity index (χ0n) is 7.87. The second-order valence-corrected chi connectivity index (χ2v) is 2.89. The number of aliphatic carboxylic acids is 1. The van der Waals surface area contributed by atoms with E-state index in [9.17, 15) is 14.9 Å². The van der Waals surface area contributed by atoms with E-state index in [0.29, 0.717) is 0 Å². The molecule has 0 heterocycles. The number of carboxylic acid groups (broad SMARTS) is 1. The summed E-state index contributed by atoms with van der Waals surface area (Å²) in [4.78, 5) is 23.6. The molecule has 86 valence electrons. The van der Waals surface area contributed by atoms with Crippen LogP contribution in [0.25, 0.3) is 0 Å². The number of nitrogens with zero attached hydrogens (tertiary/aromatic N) is 2. The van der Waals surface area contributed by atoms with E-state index in [1.54, 1.807) is 0 Å². The van der Waals surface area contributed by atoms with Crippen molar-refractivity contribution in [3.05, 3.63) is 10.1 Å². The first-order chi connectivity index (χ1) is 6.84. The van der Waals surface area contributed by atoms with Crippen molar-refractivity contribution in [2.24, 2.45) is 22.2 Å². The maximum absolute atomic E-state index is 10.5. The number of hydrogen-bond donors (Lipinski definition) is 4. The standard InChI is InChI=1S/C6H13N5O4/c7-4(5(12)13)1-3(11(14)15)2-10-6(8)9/h3-4H,1-2,7H2,(H,12,13)(H4,8,9,10)/t3?,4-/m0/s1. The predicted molar refractivity (Wildman–Crippen MR) is 51.7 cm³/mol. The lowest BCUT2D eigenvalue weighted by Gasteiger charge is -2.09. The van der Waals surface area contributed by atoms with E-state index in [1.807, 2.05) is 0 Å². The van der Waals surface area contributed by atoms with Gasteiger partial charge < -0.3 is 22.3 Å². The summed E-state index contributed by atoms with van der Waals surface area (Å²) in [7, 11) is 0. The van der Waals surface area contributed by atoms with Crippen LogP contribution in [0, 0.1) is 10.1 Å². The van der Waals surface area contributed by atoms with Gasteiger partial charge in [-0.15, -0.1) is 0 Å². The van der Waals surface area contributed by atoms with Gasteiger partial charge in [-0.3, -0.25) is 14.9 Å². The molecule has 0 fully saturated rings. The molecule has 0 aliphatic heterocycles. The number of nitrogens with two attached hydrogens (primary N) is 3. The minimum absolute atomic E-state index is 0.281. The van der Waals surface area contributed by atoms with Gasteiger partial charge in [0.1, 0.15) is 12.6 Å². The van der Waals surface area contributed by atoms with Crippen molar-refractivity contribution in [3.8, 4) is 0 Å². The van der Waals surface area contributed by atoms with Crippen molar-refractivity contribution in [2.45, 2.75) is 18.5 Å². The molecular weight excluding hydrogens is 206 g/mol. The first kappa shape index (κ1) is 13.1. The summed E-state index contributed by atoms with van der Waals surface area (Å²) in [5, 5.41) is 18.9. The van der Waals surface area contributed by atoms with E-state index in [1.165, 1.54) is 0 Å². The van der Waals surface area contributed by atoms with Crippen LogP contribution >= 0.6 is 0 Å².